The number of benzene rings is 1. The van der Waals surface area contributed by atoms with Gasteiger partial charge in [0.15, 0.2) is 5.78 Å². The summed E-state index contributed by atoms with van der Waals surface area (Å²) in [6, 6.07) is 4.93. The fourth-order valence-corrected chi connectivity index (χ4v) is 2.82. The fourth-order valence-electron chi connectivity index (χ4n) is 1.58. The number of aliphatic hydroxyl groups excluding tert-OH is 1. The van der Waals surface area contributed by atoms with Crippen molar-refractivity contribution in [3.8, 4) is 0 Å². The minimum Gasteiger partial charge on any atom is -0.506 e. The smallest absolute Gasteiger partial charge is 0.231 e. The molecule has 0 saturated heterocycles. The molecule has 1 aromatic rings. The number of carbonyl (C=O) groups excluding carboxylic acids is 2. The van der Waals surface area contributed by atoms with E-state index in [0.717, 1.165) is 11.8 Å². The van der Waals surface area contributed by atoms with Crippen molar-refractivity contribution in [3.63, 3.8) is 0 Å². The number of hydrogen-bond donors (Lipinski definition) is 1. The van der Waals surface area contributed by atoms with E-state index in [4.69, 9.17) is 23.2 Å². The monoisotopic (exact) mass is 314 g/mol. The second-order valence-corrected chi connectivity index (χ2v) is 5.68. The summed E-state index contributed by atoms with van der Waals surface area (Å²) in [5.41, 5.74) is 0.511. The van der Waals surface area contributed by atoms with Gasteiger partial charge >= 0.3 is 0 Å². The predicted octanol–water partition coefficient (Wildman–Crippen LogP) is 4.01. The molecule has 0 atom stereocenters. The Hall–Kier alpha value is -1.23. The van der Waals surface area contributed by atoms with Crippen molar-refractivity contribution in [1.29, 1.82) is 0 Å². The van der Waals surface area contributed by atoms with Crippen LogP contribution in [0.1, 0.15) is 12.5 Å². The summed E-state index contributed by atoms with van der Waals surface area (Å²) in [6.45, 7) is 1.24. The molecular formula is C13H8Cl2O3S. The maximum atomic E-state index is 11.6. The van der Waals surface area contributed by atoms with Gasteiger partial charge in [0.2, 0.25) is 5.12 Å². The van der Waals surface area contributed by atoms with Crippen LogP contribution in [-0.2, 0) is 9.59 Å². The lowest BCUT2D eigenvalue weighted by Gasteiger charge is -2.00. The van der Waals surface area contributed by atoms with Crippen molar-refractivity contribution >= 4 is 51.9 Å². The first-order chi connectivity index (χ1) is 8.90. The van der Waals surface area contributed by atoms with E-state index in [-0.39, 0.29) is 11.3 Å². The zero-order valence-electron chi connectivity index (χ0n) is 9.74. The summed E-state index contributed by atoms with van der Waals surface area (Å²) in [5.74, 6) is -0.735. The summed E-state index contributed by atoms with van der Waals surface area (Å²) < 4.78 is 0. The minimum atomic E-state index is -0.451. The Labute approximate surface area is 123 Å². The minimum absolute atomic E-state index is 0.170. The van der Waals surface area contributed by atoms with Crippen LogP contribution in [0.3, 0.4) is 0 Å². The van der Waals surface area contributed by atoms with Gasteiger partial charge in [-0.05, 0) is 42.5 Å². The lowest BCUT2D eigenvalue weighted by molar-refractivity contribution is -0.116. The number of halogens is 2. The molecule has 1 N–H and O–H groups in total. The van der Waals surface area contributed by atoms with E-state index in [2.05, 4.69) is 0 Å². The molecule has 0 bridgehead atoms. The quantitative estimate of drug-likeness (QED) is 0.838. The molecule has 0 saturated carbocycles. The van der Waals surface area contributed by atoms with E-state index in [1.54, 1.807) is 24.3 Å². The van der Waals surface area contributed by atoms with Gasteiger partial charge in [-0.1, -0.05) is 29.3 Å². The molecule has 1 heterocycles. The number of thioether (sulfide) groups is 1. The zero-order chi connectivity index (χ0) is 14.2. The number of ketones is 1. The van der Waals surface area contributed by atoms with Gasteiger partial charge in [-0.25, -0.2) is 0 Å². The second-order valence-electron chi connectivity index (χ2n) is 3.85. The summed E-state index contributed by atoms with van der Waals surface area (Å²) in [5, 5.41) is 10.2. The Morgan fingerprint density at radius 3 is 2.53 bits per heavy atom. The third kappa shape index (κ3) is 2.86. The normalized spacial score (nSPS) is 17.4. The van der Waals surface area contributed by atoms with Gasteiger partial charge < -0.3 is 5.11 Å². The van der Waals surface area contributed by atoms with Crippen LogP contribution in [0.5, 0.6) is 0 Å². The SMILES string of the molecule is CC(=O)C1=C(O)/C(=C/c2ccc(Cl)c(Cl)c2)SC1=O. The lowest BCUT2D eigenvalue weighted by atomic mass is 10.1. The van der Waals surface area contributed by atoms with Gasteiger partial charge in [-0.3, -0.25) is 9.59 Å². The summed E-state index contributed by atoms with van der Waals surface area (Å²) in [7, 11) is 0. The van der Waals surface area contributed by atoms with Crippen molar-refractivity contribution in [2.75, 3.05) is 0 Å². The Balaban J connectivity index is 2.43. The number of rotatable bonds is 2. The van der Waals surface area contributed by atoms with Crippen LogP contribution in [0.4, 0.5) is 0 Å². The van der Waals surface area contributed by atoms with E-state index in [1.165, 1.54) is 6.92 Å². The zero-order valence-corrected chi connectivity index (χ0v) is 12.1. The van der Waals surface area contributed by atoms with Gasteiger partial charge in [0.05, 0.1) is 15.0 Å². The Bertz CT molecular complexity index is 647. The number of carbonyl (C=O) groups is 2. The summed E-state index contributed by atoms with van der Waals surface area (Å²) >= 11 is 12.5. The first-order valence-electron chi connectivity index (χ1n) is 5.23. The van der Waals surface area contributed by atoms with Crippen LogP contribution in [0.25, 0.3) is 6.08 Å². The Morgan fingerprint density at radius 2 is 2.00 bits per heavy atom. The highest BCUT2D eigenvalue weighted by molar-refractivity contribution is 8.18. The van der Waals surface area contributed by atoms with E-state index < -0.39 is 10.9 Å². The highest BCUT2D eigenvalue weighted by Crippen LogP contribution is 2.38. The first-order valence-corrected chi connectivity index (χ1v) is 6.81. The second kappa shape index (κ2) is 5.41. The fraction of sp³-hybridized carbons (Fsp3) is 0.0769. The van der Waals surface area contributed by atoms with Crippen molar-refractivity contribution in [2.24, 2.45) is 0 Å². The molecule has 98 valence electrons. The third-order valence-electron chi connectivity index (χ3n) is 2.47. The van der Waals surface area contributed by atoms with Gasteiger partial charge in [0.1, 0.15) is 11.3 Å². The van der Waals surface area contributed by atoms with E-state index in [1.807, 2.05) is 0 Å². The summed E-state index contributed by atoms with van der Waals surface area (Å²) in [6.07, 6.45) is 1.58. The molecule has 0 unspecified atom stereocenters. The van der Waals surface area contributed by atoms with Crippen LogP contribution in [0, 0.1) is 0 Å². The van der Waals surface area contributed by atoms with Crippen LogP contribution in [-0.4, -0.2) is 16.0 Å². The molecule has 0 radical (unpaired) electrons. The molecule has 1 aliphatic rings. The molecule has 0 aliphatic carbocycles. The van der Waals surface area contributed by atoms with Crippen LogP contribution >= 0.6 is 35.0 Å². The van der Waals surface area contributed by atoms with E-state index in [0.29, 0.717) is 20.5 Å². The predicted molar refractivity (Wildman–Crippen MR) is 77.4 cm³/mol. The maximum Gasteiger partial charge on any atom is 0.231 e. The number of hydrogen-bond acceptors (Lipinski definition) is 4. The molecule has 1 aromatic carbocycles. The maximum absolute atomic E-state index is 11.6. The van der Waals surface area contributed by atoms with Crippen molar-refractivity contribution in [2.45, 2.75) is 6.92 Å². The van der Waals surface area contributed by atoms with Gasteiger partial charge in [-0.15, -0.1) is 0 Å². The Morgan fingerprint density at radius 1 is 1.32 bits per heavy atom. The average Bonchev–Trinajstić information content (AvgIpc) is 2.59. The van der Waals surface area contributed by atoms with Crippen LogP contribution in [0.2, 0.25) is 10.0 Å². The number of aliphatic hydroxyl groups is 1. The van der Waals surface area contributed by atoms with Crippen molar-refractivity contribution in [1.82, 2.24) is 0 Å². The van der Waals surface area contributed by atoms with E-state index in [9.17, 15) is 14.7 Å². The molecule has 0 fully saturated rings. The lowest BCUT2D eigenvalue weighted by Crippen LogP contribution is -2.03. The largest absolute Gasteiger partial charge is 0.506 e. The van der Waals surface area contributed by atoms with Crippen molar-refractivity contribution in [3.05, 3.63) is 50.0 Å². The molecule has 6 heteroatoms. The van der Waals surface area contributed by atoms with Gasteiger partial charge in [0.25, 0.3) is 0 Å². The molecule has 2 rings (SSSR count). The molecule has 0 aromatic heterocycles. The van der Waals surface area contributed by atoms with Gasteiger partial charge in [0, 0.05) is 0 Å². The first kappa shape index (κ1) is 14.2. The van der Waals surface area contributed by atoms with Crippen molar-refractivity contribution < 1.29 is 14.7 Å². The highest BCUT2D eigenvalue weighted by atomic mass is 35.5. The van der Waals surface area contributed by atoms with Crippen LogP contribution in [0.15, 0.2) is 34.4 Å². The van der Waals surface area contributed by atoms with Gasteiger partial charge in [-0.2, -0.15) is 0 Å². The average molecular weight is 315 g/mol. The molecule has 1 aliphatic heterocycles. The molecule has 19 heavy (non-hydrogen) atoms. The topological polar surface area (TPSA) is 54.4 Å². The molecule has 0 amide bonds. The third-order valence-corrected chi connectivity index (χ3v) is 4.13. The van der Waals surface area contributed by atoms with E-state index >= 15 is 0 Å². The standard InChI is InChI=1S/C13H8Cl2O3S/c1-6(16)11-12(17)10(19-13(11)18)5-7-2-3-8(14)9(15)4-7/h2-5,17H,1H3/b10-5-. The summed E-state index contributed by atoms with van der Waals surface area (Å²) in [4.78, 5) is 23.2. The highest BCUT2D eigenvalue weighted by Gasteiger charge is 2.31. The van der Waals surface area contributed by atoms with Crippen LogP contribution < -0.4 is 0 Å². The molecule has 3 nitrogen and oxygen atoms in total. The Kier molecular flexibility index (Phi) is 4.04. The molecule has 0 spiro atoms. The molecular weight excluding hydrogens is 307 g/mol. The number of Topliss-reactive ketones (excluding diaryl/α,β-unsaturated/α-hetero) is 1.